The molecule has 1 rings (SSSR count). The van der Waals surface area contributed by atoms with E-state index in [9.17, 15) is 4.39 Å². The fourth-order valence-electron chi connectivity index (χ4n) is 1.48. The minimum atomic E-state index is -0.236. The largest absolute Gasteiger partial charge is 0.493 e. The molecule has 2 heteroatoms. The van der Waals surface area contributed by atoms with Gasteiger partial charge in [0.25, 0.3) is 0 Å². The standard InChI is InChI=1S/C12H17FO/c1-8-6-7-9(12(2,3)4)10(13)11(8)14-5/h6-7H,1-5H3. The van der Waals surface area contributed by atoms with E-state index in [0.717, 1.165) is 5.56 Å². The second kappa shape index (κ2) is 3.60. The Morgan fingerprint density at radius 2 is 1.79 bits per heavy atom. The third-order valence-corrected chi connectivity index (χ3v) is 2.31. The van der Waals surface area contributed by atoms with Crippen molar-refractivity contribution >= 4 is 0 Å². The van der Waals surface area contributed by atoms with E-state index in [4.69, 9.17) is 4.74 Å². The lowest BCUT2D eigenvalue weighted by molar-refractivity contribution is 0.375. The smallest absolute Gasteiger partial charge is 0.169 e. The molecule has 1 nitrogen and oxygen atoms in total. The molecule has 0 aromatic heterocycles. The number of ether oxygens (including phenoxy) is 1. The highest BCUT2D eigenvalue weighted by Crippen LogP contribution is 2.32. The molecule has 0 unspecified atom stereocenters. The third-order valence-electron chi connectivity index (χ3n) is 2.31. The fraction of sp³-hybridized carbons (Fsp3) is 0.500. The minimum Gasteiger partial charge on any atom is -0.493 e. The molecule has 0 aliphatic carbocycles. The van der Waals surface area contributed by atoms with Crippen molar-refractivity contribution in [1.82, 2.24) is 0 Å². The van der Waals surface area contributed by atoms with Crippen molar-refractivity contribution < 1.29 is 9.13 Å². The Morgan fingerprint density at radius 3 is 2.21 bits per heavy atom. The maximum Gasteiger partial charge on any atom is 0.169 e. The first-order valence-electron chi connectivity index (χ1n) is 4.71. The molecule has 0 bridgehead atoms. The van der Waals surface area contributed by atoms with Crippen LogP contribution in [-0.4, -0.2) is 7.11 Å². The Labute approximate surface area is 84.9 Å². The number of halogens is 1. The predicted molar refractivity (Wildman–Crippen MR) is 56.4 cm³/mol. The molecule has 0 heterocycles. The van der Waals surface area contributed by atoms with E-state index < -0.39 is 0 Å². The van der Waals surface area contributed by atoms with Crippen molar-refractivity contribution in [1.29, 1.82) is 0 Å². The first-order chi connectivity index (χ1) is 6.38. The first kappa shape index (κ1) is 11.0. The van der Waals surface area contributed by atoms with Gasteiger partial charge in [-0.25, -0.2) is 4.39 Å². The summed E-state index contributed by atoms with van der Waals surface area (Å²) in [6, 6.07) is 3.72. The van der Waals surface area contributed by atoms with Gasteiger partial charge < -0.3 is 4.74 Å². The zero-order valence-electron chi connectivity index (χ0n) is 9.44. The fourth-order valence-corrected chi connectivity index (χ4v) is 1.48. The Hall–Kier alpha value is -1.05. The van der Waals surface area contributed by atoms with Gasteiger partial charge >= 0.3 is 0 Å². The van der Waals surface area contributed by atoms with E-state index in [-0.39, 0.29) is 11.2 Å². The number of rotatable bonds is 1. The van der Waals surface area contributed by atoms with Crippen LogP contribution in [0, 0.1) is 12.7 Å². The van der Waals surface area contributed by atoms with Crippen molar-refractivity contribution in [3.63, 3.8) is 0 Å². The summed E-state index contributed by atoms with van der Waals surface area (Å²) in [6.07, 6.45) is 0. The maximum absolute atomic E-state index is 13.9. The highest BCUT2D eigenvalue weighted by molar-refractivity contribution is 5.41. The van der Waals surface area contributed by atoms with Crippen LogP contribution in [0.3, 0.4) is 0 Å². The summed E-state index contributed by atoms with van der Waals surface area (Å²) in [4.78, 5) is 0. The summed E-state index contributed by atoms with van der Waals surface area (Å²) in [5.41, 5.74) is 1.34. The average Bonchev–Trinajstić information content (AvgIpc) is 2.02. The van der Waals surface area contributed by atoms with Crippen LogP contribution in [0.4, 0.5) is 4.39 Å². The molecule has 0 aliphatic rings. The summed E-state index contributed by atoms with van der Waals surface area (Å²) in [7, 11) is 1.50. The van der Waals surface area contributed by atoms with Crippen LogP contribution in [-0.2, 0) is 5.41 Å². The van der Waals surface area contributed by atoms with Crippen LogP contribution in [0.1, 0.15) is 31.9 Å². The molecule has 0 fully saturated rings. The highest BCUT2D eigenvalue weighted by Gasteiger charge is 2.21. The lowest BCUT2D eigenvalue weighted by atomic mass is 9.86. The highest BCUT2D eigenvalue weighted by atomic mass is 19.1. The minimum absolute atomic E-state index is 0.189. The van der Waals surface area contributed by atoms with Crippen LogP contribution in [0.25, 0.3) is 0 Å². The summed E-state index contributed by atoms with van der Waals surface area (Å²) in [5.74, 6) is 0.123. The maximum atomic E-state index is 13.9. The van der Waals surface area contributed by atoms with E-state index in [1.807, 2.05) is 39.8 Å². The quantitative estimate of drug-likeness (QED) is 0.668. The van der Waals surface area contributed by atoms with Gasteiger partial charge in [0.1, 0.15) is 0 Å². The number of aryl methyl sites for hydroxylation is 1. The van der Waals surface area contributed by atoms with Gasteiger partial charge in [-0.1, -0.05) is 32.9 Å². The van der Waals surface area contributed by atoms with Crippen LogP contribution < -0.4 is 4.74 Å². The van der Waals surface area contributed by atoms with Crippen molar-refractivity contribution in [2.75, 3.05) is 7.11 Å². The van der Waals surface area contributed by atoms with E-state index in [0.29, 0.717) is 11.3 Å². The number of hydrogen-bond acceptors (Lipinski definition) is 1. The van der Waals surface area contributed by atoms with Crippen molar-refractivity contribution in [2.24, 2.45) is 0 Å². The second-order valence-electron chi connectivity index (χ2n) is 4.53. The summed E-state index contributed by atoms with van der Waals surface area (Å²) < 4.78 is 18.9. The molecule has 0 N–H and O–H groups in total. The van der Waals surface area contributed by atoms with Gasteiger partial charge in [0, 0.05) is 0 Å². The third kappa shape index (κ3) is 1.89. The lowest BCUT2D eigenvalue weighted by Crippen LogP contribution is -2.14. The molecule has 0 radical (unpaired) electrons. The summed E-state index contributed by atoms with van der Waals surface area (Å²) in [6.45, 7) is 7.80. The summed E-state index contributed by atoms with van der Waals surface area (Å²) in [5, 5.41) is 0. The van der Waals surface area contributed by atoms with Crippen molar-refractivity contribution in [2.45, 2.75) is 33.1 Å². The van der Waals surface area contributed by atoms with Crippen molar-refractivity contribution in [3.05, 3.63) is 29.1 Å². The Bertz CT molecular complexity index is 337. The normalized spacial score (nSPS) is 11.6. The lowest BCUT2D eigenvalue weighted by Gasteiger charge is -2.21. The summed E-state index contributed by atoms with van der Waals surface area (Å²) >= 11 is 0. The first-order valence-corrected chi connectivity index (χ1v) is 4.71. The second-order valence-corrected chi connectivity index (χ2v) is 4.53. The molecule has 1 aromatic carbocycles. The van der Waals surface area contributed by atoms with Crippen LogP contribution in [0.2, 0.25) is 0 Å². The predicted octanol–water partition coefficient (Wildman–Crippen LogP) is 3.44. The Morgan fingerprint density at radius 1 is 1.21 bits per heavy atom. The number of hydrogen-bond donors (Lipinski definition) is 0. The Kier molecular flexibility index (Phi) is 2.84. The number of methoxy groups -OCH3 is 1. The van der Waals surface area contributed by atoms with E-state index in [2.05, 4.69) is 0 Å². The average molecular weight is 196 g/mol. The SMILES string of the molecule is COc1c(C)ccc(C(C)(C)C)c1F. The molecule has 78 valence electrons. The molecule has 0 saturated carbocycles. The van der Waals surface area contributed by atoms with Crippen molar-refractivity contribution in [3.8, 4) is 5.75 Å². The van der Waals surface area contributed by atoms with E-state index in [1.54, 1.807) is 0 Å². The molecule has 0 amide bonds. The van der Waals surface area contributed by atoms with Gasteiger partial charge in [0.05, 0.1) is 7.11 Å². The topological polar surface area (TPSA) is 9.23 Å². The molecule has 0 atom stereocenters. The van der Waals surface area contributed by atoms with Gasteiger partial charge in [-0.2, -0.15) is 0 Å². The number of benzene rings is 1. The zero-order valence-corrected chi connectivity index (χ0v) is 9.44. The molecule has 0 spiro atoms. The van der Waals surface area contributed by atoms with Gasteiger partial charge in [0.15, 0.2) is 11.6 Å². The van der Waals surface area contributed by atoms with Crippen LogP contribution in [0.5, 0.6) is 5.75 Å². The molecule has 1 aromatic rings. The molecule has 0 saturated heterocycles. The van der Waals surface area contributed by atoms with Gasteiger partial charge in [-0.15, -0.1) is 0 Å². The zero-order chi connectivity index (χ0) is 10.9. The van der Waals surface area contributed by atoms with Gasteiger partial charge in [-0.05, 0) is 23.5 Å². The van der Waals surface area contributed by atoms with Gasteiger partial charge in [0.2, 0.25) is 0 Å². The molecular weight excluding hydrogens is 179 g/mol. The Balaban J connectivity index is 3.36. The molecule has 14 heavy (non-hydrogen) atoms. The van der Waals surface area contributed by atoms with E-state index >= 15 is 0 Å². The monoisotopic (exact) mass is 196 g/mol. The molecular formula is C12H17FO. The van der Waals surface area contributed by atoms with E-state index in [1.165, 1.54) is 7.11 Å². The van der Waals surface area contributed by atoms with Crippen LogP contribution >= 0.6 is 0 Å². The van der Waals surface area contributed by atoms with Crippen LogP contribution in [0.15, 0.2) is 12.1 Å². The van der Waals surface area contributed by atoms with Gasteiger partial charge in [-0.3, -0.25) is 0 Å². The molecule has 0 aliphatic heterocycles.